The van der Waals surface area contributed by atoms with Crippen LogP contribution in [0.4, 0.5) is 0 Å². The van der Waals surface area contributed by atoms with E-state index >= 15 is 0 Å². The number of rotatable bonds is 5. The Morgan fingerprint density at radius 3 is 2.68 bits per heavy atom. The normalized spacial score (nSPS) is 11.0. The first-order valence-corrected chi connectivity index (χ1v) is 7.39. The van der Waals surface area contributed by atoms with Gasteiger partial charge < -0.3 is 4.74 Å². The molecule has 0 radical (unpaired) electrons. The minimum absolute atomic E-state index is 0.269. The highest BCUT2D eigenvalue weighted by atomic mass is 79.9. The van der Waals surface area contributed by atoms with Crippen molar-refractivity contribution >= 4 is 34.1 Å². The summed E-state index contributed by atoms with van der Waals surface area (Å²) in [6.45, 7) is 0. The monoisotopic (exact) mass is 358 g/mol. The molecule has 2 aromatic rings. The highest BCUT2D eigenvalue weighted by Gasteiger charge is 2.06. The maximum Gasteiger partial charge on any atom is 0.272 e. The lowest BCUT2D eigenvalue weighted by molar-refractivity contribution is 0.0954. The highest BCUT2D eigenvalue weighted by Crippen LogP contribution is 2.18. The van der Waals surface area contributed by atoms with E-state index in [2.05, 4.69) is 26.5 Å². The molecule has 0 unspecified atom stereocenters. The lowest BCUT2D eigenvalue weighted by Gasteiger charge is -2.02. The molecule has 0 aliphatic rings. The quantitative estimate of drug-likeness (QED) is 0.651. The number of hydrazone groups is 1. The molecule has 0 saturated carbocycles. The van der Waals surface area contributed by atoms with E-state index in [-0.39, 0.29) is 5.91 Å². The summed E-state index contributed by atoms with van der Waals surface area (Å²) in [5, 5.41) is 3.89. The fourth-order valence-corrected chi connectivity index (χ4v) is 2.26. The smallest absolute Gasteiger partial charge is 0.272 e. The number of halogens is 1. The van der Waals surface area contributed by atoms with Crippen LogP contribution in [-0.2, 0) is 0 Å². The van der Waals surface area contributed by atoms with Crippen molar-refractivity contribution in [3.05, 3.63) is 70.2 Å². The summed E-state index contributed by atoms with van der Waals surface area (Å²) in [5.41, 5.74) is 3.95. The van der Waals surface area contributed by atoms with Crippen LogP contribution in [0.15, 0.2) is 64.2 Å². The van der Waals surface area contributed by atoms with Crippen molar-refractivity contribution in [3.8, 4) is 5.75 Å². The lowest BCUT2D eigenvalue weighted by atomic mass is 10.2. The molecule has 5 heteroatoms. The van der Waals surface area contributed by atoms with Gasteiger partial charge in [-0.1, -0.05) is 30.3 Å². The molecule has 2 aromatic carbocycles. The van der Waals surface area contributed by atoms with Crippen molar-refractivity contribution in [1.29, 1.82) is 0 Å². The summed E-state index contributed by atoms with van der Waals surface area (Å²) in [7, 11) is 1.62. The summed E-state index contributed by atoms with van der Waals surface area (Å²) >= 11 is 3.33. The van der Waals surface area contributed by atoms with Gasteiger partial charge in [-0.25, -0.2) is 5.43 Å². The van der Waals surface area contributed by atoms with Crippen molar-refractivity contribution in [3.63, 3.8) is 0 Å². The lowest BCUT2D eigenvalue weighted by Crippen LogP contribution is -2.17. The zero-order valence-corrected chi connectivity index (χ0v) is 13.6. The number of nitrogens with zero attached hydrogens (tertiary/aromatic N) is 1. The maximum absolute atomic E-state index is 11.9. The Morgan fingerprint density at radius 1 is 1.18 bits per heavy atom. The first-order valence-electron chi connectivity index (χ1n) is 6.60. The van der Waals surface area contributed by atoms with E-state index in [0.29, 0.717) is 5.56 Å². The molecule has 0 atom stereocenters. The first kappa shape index (κ1) is 16.0. The fourth-order valence-electron chi connectivity index (χ4n) is 1.80. The van der Waals surface area contributed by atoms with Crippen LogP contribution in [0.1, 0.15) is 15.9 Å². The van der Waals surface area contributed by atoms with Gasteiger partial charge in [0.05, 0.1) is 12.7 Å². The Balaban J connectivity index is 1.95. The fraction of sp³-hybridized carbons (Fsp3) is 0.0588. The average molecular weight is 359 g/mol. The van der Waals surface area contributed by atoms with Gasteiger partial charge in [-0.2, -0.15) is 5.10 Å². The van der Waals surface area contributed by atoms with Crippen LogP contribution in [0.5, 0.6) is 5.75 Å². The standard InChI is InChI=1S/C17H15BrN2O2/c1-22-16-11-5-2-7-13(16)8-6-12-19-20-17(21)14-9-3-4-10-15(14)18/h2-12H,1H3,(H,20,21)/b8-6+,19-12+. The summed E-state index contributed by atoms with van der Waals surface area (Å²) in [6, 6.07) is 14.8. The van der Waals surface area contributed by atoms with Gasteiger partial charge in [0.1, 0.15) is 5.75 Å². The molecule has 0 bridgehead atoms. The van der Waals surface area contributed by atoms with Gasteiger partial charge in [-0.05, 0) is 46.3 Å². The van der Waals surface area contributed by atoms with Crippen molar-refractivity contribution in [2.24, 2.45) is 5.10 Å². The molecule has 0 saturated heterocycles. The van der Waals surface area contributed by atoms with Crippen molar-refractivity contribution in [1.82, 2.24) is 5.43 Å². The minimum Gasteiger partial charge on any atom is -0.496 e. The number of methoxy groups -OCH3 is 1. The van der Waals surface area contributed by atoms with Crippen LogP contribution in [0.3, 0.4) is 0 Å². The molecular formula is C17H15BrN2O2. The summed E-state index contributed by atoms with van der Waals surface area (Å²) < 4.78 is 5.97. The maximum atomic E-state index is 11.9. The number of allylic oxidation sites excluding steroid dienone is 1. The van der Waals surface area contributed by atoms with E-state index in [0.717, 1.165) is 15.8 Å². The second-order valence-electron chi connectivity index (χ2n) is 4.30. The molecular weight excluding hydrogens is 344 g/mol. The predicted molar refractivity (Wildman–Crippen MR) is 92.1 cm³/mol. The minimum atomic E-state index is -0.269. The Bertz CT molecular complexity index is 711. The molecule has 4 nitrogen and oxygen atoms in total. The molecule has 1 amide bonds. The second kappa shape index (κ2) is 8.14. The molecule has 0 aromatic heterocycles. The van der Waals surface area contributed by atoms with E-state index < -0.39 is 0 Å². The second-order valence-corrected chi connectivity index (χ2v) is 5.15. The van der Waals surface area contributed by atoms with Crippen molar-refractivity contribution < 1.29 is 9.53 Å². The third kappa shape index (κ3) is 4.30. The van der Waals surface area contributed by atoms with Crippen LogP contribution < -0.4 is 10.2 Å². The van der Waals surface area contributed by atoms with Crippen LogP contribution in [0.25, 0.3) is 6.08 Å². The van der Waals surface area contributed by atoms with Crippen molar-refractivity contribution in [2.75, 3.05) is 7.11 Å². The molecule has 0 aliphatic heterocycles. The summed E-state index contributed by atoms with van der Waals surface area (Å²) in [6.07, 6.45) is 5.10. The van der Waals surface area contributed by atoms with Gasteiger partial charge in [-0.3, -0.25) is 4.79 Å². The number of para-hydroxylation sites is 1. The van der Waals surface area contributed by atoms with E-state index in [9.17, 15) is 4.79 Å². The molecule has 0 heterocycles. The molecule has 0 spiro atoms. The Labute approximate surface area is 137 Å². The zero-order valence-electron chi connectivity index (χ0n) is 12.0. The predicted octanol–water partition coefficient (Wildman–Crippen LogP) is 3.89. The van der Waals surface area contributed by atoms with Gasteiger partial charge in [0.2, 0.25) is 0 Å². The summed E-state index contributed by atoms with van der Waals surface area (Å²) in [5.74, 6) is 0.513. The number of amides is 1. The van der Waals surface area contributed by atoms with Crippen LogP contribution in [0, 0.1) is 0 Å². The Morgan fingerprint density at radius 2 is 1.91 bits per heavy atom. The van der Waals surface area contributed by atoms with Gasteiger partial charge in [-0.15, -0.1) is 0 Å². The number of hydrogen-bond donors (Lipinski definition) is 1. The largest absolute Gasteiger partial charge is 0.496 e. The number of hydrogen-bond acceptors (Lipinski definition) is 3. The molecule has 0 aliphatic carbocycles. The van der Waals surface area contributed by atoms with Crippen LogP contribution in [0.2, 0.25) is 0 Å². The van der Waals surface area contributed by atoms with E-state index in [4.69, 9.17) is 4.74 Å². The number of ether oxygens (including phenoxy) is 1. The van der Waals surface area contributed by atoms with E-state index in [1.807, 2.05) is 36.4 Å². The Kier molecular flexibility index (Phi) is 5.91. The van der Waals surface area contributed by atoms with E-state index in [1.54, 1.807) is 31.4 Å². The van der Waals surface area contributed by atoms with E-state index in [1.165, 1.54) is 6.21 Å². The van der Waals surface area contributed by atoms with Gasteiger partial charge >= 0.3 is 0 Å². The molecule has 2 rings (SSSR count). The summed E-state index contributed by atoms with van der Waals surface area (Å²) in [4.78, 5) is 11.9. The SMILES string of the molecule is COc1ccccc1/C=C/C=N/NC(=O)c1ccccc1Br. The number of carbonyl (C=O) groups is 1. The molecule has 22 heavy (non-hydrogen) atoms. The number of nitrogens with one attached hydrogen (secondary N) is 1. The third-order valence-electron chi connectivity index (χ3n) is 2.86. The van der Waals surface area contributed by atoms with Gasteiger partial charge in [0.15, 0.2) is 0 Å². The van der Waals surface area contributed by atoms with Crippen LogP contribution in [-0.4, -0.2) is 19.2 Å². The topological polar surface area (TPSA) is 50.7 Å². The number of benzene rings is 2. The van der Waals surface area contributed by atoms with Crippen molar-refractivity contribution in [2.45, 2.75) is 0 Å². The third-order valence-corrected chi connectivity index (χ3v) is 3.55. The Hall–Kier alpha value is -2.40. The molecule has 112 valence electrons. The average Bonchev–Trinajstić information content (AvgIpc) is 2.55. The zero-order chi connectivity index (χ0) is 15.8. The van der Waals surface area contributed by atoms with Gasteiger partial charge in [0, 0.05) is 16.3 Å². The van der Waals surface area contributed by atoms with Crippen LogP contribution >= 0.6 is 15.9 Å². The molecule has 0 fully saturated rings. The van der Waals surface area contributed by atoms with Gasteiger partial charge in [0.25, 0.3) is 5.91 Å². The first-order chi connectivity index (χ1) is 10.7. The highest BCUT2D eigenvalue weighted by molar-refractivity contribution is 9.10. The number of carbonyl (C=O) groups excluding carboxylic acids is 1. The molecule has 1 N–H and O–H groups in total.